The lowest BCUT2D eigenvalue weighted by Gasteiger charge is -2.15. The molecule has 0 bridgehead atoms. The molecule has 0 radical (unpaired) electrons. The summed E-state index contributed by atoms with van der Waals surface area (Å²) in [5.74, 6) is 0. The van der Waals surface area contributed by atoms with E-state index in [0.29, 0.717) is 0 Å². The van der Waals surface area contributed by atoms with Gasteiger partial charge in [-0.2, -0.15) is 0 Å². The van der Waals surface area contributed by atoms with E-state index in [1.807, 2.05) is 22.9 Å². The van der Waals surface area contributed by atoms with Crippen molar-refractivity contribution in [1.82, 2.24) is 9.55 Å². The number of rotatable bonds is 3. The molecule has 0 aliphatic rings. The van der Waals surface area contributed by atoms with Crippen LogP contribution in [0.2, 0.25) is 0 Å². The Bertz CT molecular complexity index is 479. The summed E-state index contributed by atoms with van der Waals surface area (Å²) >= 11 is 3.38. The van der Waals surface area contributed by atoms with Crippen LogP contribution in [0.3, 0.4) is 0 Å². The predicted octanol–water partition coefficient (Wildman–Crippen LogP) is 2.65. The fraction of sp³-hybridized carbons (Fsp3) is 0.250. The molecule has 0 saturated carbocycles. The Labute approximate surface area is 103 Å². The van der Waals surface area contributed by atoms with E-state index in [1.54, 1.807) is 6.20 Å². The normalized spacial score (nSPS) is 12.7. The molecule has 2 N–H and O–H groups in total. The molecule has 2 aromatic rings. The third-order valence-electron chi connectivity index (χ3n) is 2.65. The van der Waals surface area contributed by atoms with Crippen LogP contribution in [-0.2, 0) is 6.54 Å². The molecule has 0 spiro atoms. The largest absolute Gasteiger partial charge is 0.324 e. The summed E-state index contributed by atoms with van der Waals surface area (Å²) < 4.78 is 2.81. The molecule has 1 aromatic carbocycles. The van der Waals surface area contributed by atoms with Crippen LogP contribution < -0.4 is 5.73 Å². The van der Waals surface area contributed by atoms with Crippen LogP contribution in [0.1, 0.15) is 17.2 Å². The number of nitrogens with zero attached hydrogens (tertiary/aromatic N) is 2. The van der Waals surface area contributed by atoms with Gasteiger partial charge in [0.05, 0.1) is 0 Å². The second kappa shape index (κ2) is 4.80. The molecule has 1 atom stereocenters. The maximum Gasteiger partial charge on any atom is 0.177 e. The van der Waals surface area contributed by atoms with Crippen molar-refractivity contribution < 1.29 is 0 Å². The zero-order valence-electron chi connectivity index (χ0n) is 9.10. The van der Waals surface area contributed by atoms with Crippen molar-refractivity contribution in [3.8, 4) is 0 Å². The summed E-state index contributed by atoms with van der Waals surface area (Å²) in [6.07, 6.45) is 3.68. The zero-order valence-corrected chi connectivity index (χ0v) is 10.7. The number of imidazole rings is 1. The number of hydrogen-bond acceptors (Lipinski definition) is 2. The van der Waals surface area contributed by atoms with Gasteiger partial charge in [-0.3, -0.25) is 0 Å². The van der Waals surface area contributed by atoms with Gasteiger partial charge in [0.1, 0.15) is 0 Å². The van der Waals surface area contributed by atoms with Crippen LogP contribution in [0.15, 0.2) is 41.4 Å². The van der Waals surface area contributed by atoms with Gasteiger partial charge in [0, 0.05) is 25.0 Å². The van der Waals surface area contributed by atoms with Gasteiger partial charge in [0.25, 0.3) is 0 Å². The average Bonchev–Trinajstić information content (AvgIpc) is 2.65. The summed E-state index contributed by atoms with van der Waals surface area (Å²) in [6, 6.07) is 8.19. The molecule has 1 unspecified atom stereocenters. The van der Waals surface area contributed by atoms with Crippen molar-refractivity contribution in [2.45, 2.75) is 19.5 Å². The predicted molar refractivity (Wildman–Crippen MR) is 68.0 cm³/mol. The maximum absolute atomic E-state index is 6.19. The molecule has 4 heteroatoms. The zero-order chi connectivity index (χ0) is 11.5. The summed E-state index contributed by atoms with van der Waals surface area (Å²) in [5.41, 5.74) is 8.60. The van der Waals surface area contributed by atoms with Crippen molar-refractivity contribution in [2.75, 3.05) is 0 Å². The van der Waals surface area contributed by atoms with Crippen LogP contribution in [0, 0.1) is 6.92 Å². The smallest absolute Gasteiger partial charge is 0.177 e. The first-order valence-electron chi connectivity index (χ1n) is 5.16. The molecule has 84 valence electrons. The minimum atomic E-state index is -0.00769. The Morgan fingerprint density at radius 3 is 2.81 bits per heavy atom. The van der Waals surface area contributed by atoms with E-state index in [4.69, 9.17) is 5.73 Å². The summed E-state index contributed by atoms with van der Waals surface area (Å²) in [5, 5.41) is 0. The third-order valence-corrected chi connectivity index (χ3v) is 3.31. The molecule has 16 heavy (non-hydrogen) atoms. The Morgan fingerprint density at radius 2 is 2.19 bits per heavy atom. The van der Waals surface area contributed by atoms with Gasteiger partial charge < -0.3 is 10.3 Å². The summed E-state index contributed by atoms with van der Waals surface area (Å²) in [6.45, 7) is 2.81. The Balaban J connectivity index is 2.18. The maximum atomic E-state index is 6.19. The highest BCUT2D eigenvalue weighted by molar-refractivity contribution is 9.10. The number of aromatic nitrogens is 2. The van der Waals surface area contributed by atoms with Crippen molar-refractivity contribution in [3.05, 3.63) is 52.5 Å². The van der Waals surface area contributed by atoms with Gasteiger partial charge in [-0.1, -0.05) is 24.3 Å². The van der Waals surface area contributed by atoms with Gasteiger partial charge in [-0.15, -0.1) is 0 Å². The Hall–Kier alpha value is -1.13. The first-order chi connectivity index (χ1) is 7.68. The molecule has 1 aromatic heterocycles. The molecule has 0 fully saturated rings. The molecule has 0 aliphatic carbocycles. The average molecular weight is 280 g/mol. The fourth-order valence-electron chi connectivity index (χ4n) is 1.76. The highest BCUT2D eigenvalue weighted by atomic mass is 79.9. The van der Waals surface area contributed by atoms with Crippen molar-refractivity contribution in [1.29, 1.82) is 0 Å². The molecule has 1 heterocycles. The third kappa shape index (κ3) is 2.33. The number of benzene rings is 1. The summed E-state index contributed by atoms with van der Waals surface area (Å²) in [4.78, 5) is 4.11. The lowest BCUT2D eigenvalue weighted by molar-refractivity contribution is 0.565. The first kappa shape index (κ1) is 11.4. The molecule has 3 nitrogen and oxygen atoms in total. The van der Waals surface area contributed by atoms with Crippen LogP contribution in [0.4, 0.5) is 0 Å². The highest BCUT2D eigenvalue weighted by Gasteiger charge is 2.10. The Morgan fingerprint density at radius 1 is 1.44 bits per heavy atom. The number of aryl methyl sites for hydroxylation is 1. The van der Waals surface area contributed by atoms with E-state index >= 15 is 0 Å². The second-order valence-corrected chi connectivity index (χ2v) is 4.52. The monoisotopic (exact) mass is 279 g/mol. The van der Waals surface area contributed by atoms with E-state index in [9.17, 15) is 0 Å². The SMILES string of the molecule is Cc1ccccc1C(N)Cn1ccnc1Br. The van der Waals surface area contributed by atoms with E-state index in [2.05, 4.69) is 40.0 Å². The molecule has 0 amide bonds. The number of nitrogens with two attached hydrogens (primary N) is 1. The van der Waals surface area contributed by atoms with Crippen LogP contribution in [-0.4, -0.2) is 9.55 Å². The minimum absolute atomic E-state index is 0.00769. The highest BCUT2D eigenvalue weighted by Crippen LogP contribution is 2.18. The van der Waals surface area contributed by atoms with Crippen molar-refractivity contribution in [2.24, 2.45) is 5.73 Å². The number of halogens is 1. The summed E-state index contributed by atoms with van der Waals surface area (Å²) in [7, 11) is 0. The quantitative estimate of drug-likeness (QED) is 0.939. The van der Waals surface area contributed by atoms with Gasteiger partial charge in [0.2, 0.25) is 0 Å². The van der Waals surface area contributed by atoms with Gasteiger partial charge in [-0.05, 0) is 34.0 Å². The van der Waals surface area contributed by atoms with Gasteiger partial charge in [-0.25, -0.2) is 4.98 Å². The Kier molecular flexibility index (Phi) is 3.41. The van der Waals surface area contributed by atoms with Gasteiger partial charge in [0.15, 0.2) is 4.73 Å². The van der Waals surface area contributed by atoms with E-state index in [0.717, 1.165) is 11.3 Å². The van der Waals surface area contributed by atoms with Crippen LogP contribution >= 0.6 is 15.9 Å². The van der Waals surface area contributed by atoms with E-state index in [1.165, 1.54) is 11.1 Å². The molecular formula is C12H14BrN3. The first-order valence-corrected chi connectivity index (χ1v) is 5.95. The lowest BCUT2D eigenvalue weighted by atomic mass is 10.0. The topological polar surface area (TPSA) is 43.8 Å². The lowest BCUT2D eigenvalue weighted by Crippen LogP contribution is -2.18. The van der Waals surface area contributed by atoms with Gasteiger partial charge >= 0.3 is 0 Å². The molecule has 0 saturated heterocycles. The molecular weight excluding hydrogens is 266 g/mol. The van der Waals surface area contributed by atoms with Crippen molar-refractivity contribution in [3.63, 3.8) is 0 Å². The molecule has 0 aliphatic heterocycles. The van der Waals surface area contributed by atoms with E-state index < -0.39 is 0 Å². The van der Waals surface area contributed by atoms with E-state index in [-0.39, 0.29) is 6.04 Å². The minimum Gasteiger partial charge on any atom is -0.324 e. The standard InChI is InChI=1S/C12H14BrN3/c1-9-4-2-3-5-10(9)11(14)8-16-7-6-15-12(16)13/h2-7,11H,8,14H2,1H3. The number of hydrogen-bond donors (Lipinski definition) is 1. The van der Waals surface area contributed by atoms with Crippen LogP contribution in [0.25, 0.3) is 0 Å². The fourth-order valence-corrected chi connectivity index (χ4v) is 2.14. The molecule has 2 rings (SSSR count). The second-order valence-electron chi connectivity index (χ2n) is 3.81. The van der Waals surface area contributed by atoms with Crippen molar-refractivity contribution >= 4 is 15.9 Å². The van der Waals surface area contributed by atoms with Crippen LogP contribution in [0.5, 0.6) is 0 Å².